The second-order valence-corrected chi connectivity index (χ2v) is 4.42. The Hall–Kier alpha value is -1.86. The number of pyridine rings is 1. The number of rotatable bonds is 1. The molecule has 0 saturated heterocycles. The monoisotopic (exact) mass is 271 g/mol. The molecule has 4 heteroatoms. The van der Waals surface area contributed by atoms with Crippen molar-refractivity contribution < 1.29 is 0 Å². The smallest absolute Gasteiger partial charge is 0.145 e. The minimum atomic E-state index is 0.644. The molecule has 0 aliphatic heterocycles. The largest absolute Gasteiger partial charge is 0.300 e. The quantitative estimate of drug-likeness (QED) is 0.800. The molecule has 3 rings (SSSR count). The predicted octanol–water partition coefficient (Wildman–Crippen LogP) is 3.08. The van der Waals surface area contributed by atoms with E-state index >= 15 is 0 Å². The second-order valence-electron chi connectivity index (χ2n) is 3.50. The molecule has 2 heterocycles. The SMILES string of the molecule is N#Cc1cn(C2=CC=C2)c2ncc(Br)cc12. The third kappa shape index (κ3) is 1.22. The van der Waals surface area contributed by atoms with E-state index in [2.05, 4.69) is 27.0 Å². The van der Waals surface area contributed by atoms with E-state index in [0.717, 1.165) is 21.2 Å². The number of fused-ring (bicyclic) bond motifs is 1. The summed E-state index contributed by atoms with van der Waals surface area (Å²) in [6.45, 7) is 0. The molecule has 0 fully saturated rings. The van der Waals surface area contributed by atoms with Gasteiger partial charge in [0.2, 0.25) is 0 Å². The van der Waals surface area contributed by atoms with Gasteiger partial charge < -0.3 is 0 Å². The highest BCUT2D eigenvalue weighted by atomic mass is 79.9. The lowest BCUT2D eigenvalue weighted by molar-refractivity contribution is 1.12. The molecular formula is C12H6BrN3. The van der Waals surface area contributed by atoms with Gasteiger partial charge in [0.15, 0.2) is 0 Å². The van der Waals surface area contributed by atoms with Crippen LogP contribution in [0.3, 0.4) is 0 Å². The molecule has 1 aliphatic rings. The first-order valence-corrected chi connectivity index (χ1v) is 5.54. The van der Waals surface area contributed by atoms with Crippen molar-refractivity contribution in [1.82, 2.24) is 9.55 Å². The van der Waals surface area contributed by atoms with Crippen LogP contribution in [0.15, 0.2) is 41.2 Å². The molecule has 2 aromatic heterocycles. The van der Waals surface area contributed by atoms with Crippen LogP contribution in [0, 0.1) is 11.3 Å². The summed E-state index contributed by atoms with van der Waals surface area (Å²) in [5, 5.41) is 9.94. The molecule has 0 aromatic carbocycles. The zero-order chi connectivity index (χ0) is 11.1. The first kappa shape index (κ1) is 9.37. The van der Waals surface area contributed by atoms with E-state index in [9.17, 15) is 0 Å². The van der Waals surface area contributed by atoms with E-state index < -0.39 is 0 Å². The van der Waals surface area contributed by atoms with E-state index in [1.54, 1.807) is 6.20 Å². The molecule has 1 aliphatic carbocycles. The van der Waals surface area contributed by atoms with Crippen molar-refractivity contribution in [2.75, 3.05) is 0 Å². The van der Waals surface area contributed by atoms with Gasteiger partial charge in [0.05, 0.1) is 5.56 Å². The summed E-state index contributed by atoms with van der Waals surface area (Å²) in [7, 11) is 0. The topological polar surface area (TPSA) is 41.6 Å². The maximum Gasteiger partial charge on any atom is 0.145 e. The Kier molecular flexibility index (Phi) is 1.95. The van der Waals surface area contributed by atoms with E-state index in [-0.39, 0.29) is 0 Å². The lowest BCUT2D eigenvalue weighted by Crippen LogP contribution is -1.97. The molecule has 16 heavy (non-hydrogen) atoms. The van der Waals surface area contributed by atoms with Crippen LogP contribution < -0.4 is 0 Å². The number of allylic oxidation sites excluding steroid dienone is 4. The lowest BCUT2D eigenvalue weighted by Gasteiger charge is -2.09. The molecule has 0 amide bonds. The van der Waals surface area contributed by atoms with E-state index in [4.69, 9.17) is 5.26 Å². The van der Waals surface area contributed by atoms with E-state index in [0.29, 0.717) is 5.56 Å². The van der Waals surface area contributed by atoms with Gasteiger partial charge in [-0.25, -0.2) is 4.98 Å². The molecule has 0 N–H and O–H groups in total. The Balaban J connectivity index is 2.35. The van der Waals surface area contributed by atoms with Crippen molar-refractivity contribution in [2.24, 2.45) is 0 Å². The summed E-state index contributed by atoms with van der Waals surface area (Å²) in [5.41, 5.74) is 2.52. The minimum absolute atomic E-state index is 0.644. The maximum atomic E-state index is 9.07. The van der Waals surface area contributed by atoms with Crippen LogP contribution in [0.1, 0.15) is 5.56 Å². The molecule has 0 saturated carbocycles. The molecule has 0 radical (unpaired) electrons. The van der Waals surface area contributed by atoms with Crippen LogP contribution >= 0.6 is 15.9 Å². The van der Waals surface area contributed by atoms with Crippen LogP contribution in [0.4, 0.5) is 0 Å². The number of nitrogens with zero attached hydrogens (tertiary/aromatic N) is 3. The average molecular weight is 272 g/mol. The molecule has 0 atom stereocenters. The lowest BCUT2D eigenvalue weighted by atomic mass is 10.2. The van der Waals surface area contributed by atoms with Crippen LogP contribution in [-0.2, 0) is 0 Å². The predicted molar refractivity (Wildman–Crippen MR) is 65.6 cm³/mol. The molecule has 0 unspecified atom stereocenters. The number of aromatic nitrogens is 2. The highest BCUT2D eigenvalue weighted by molar-refractivity contribution is 9.10. The van der Waals surface area contributed by atoms with Gasteiger partial charge in [-0.2, -0.15) is 5.26 Å². The normalized spacial score (nSPS) is 13.4. The summed E-state index contributed by atoms with van der Waals surface area (Å²) < 4.78 is 2.81. The van der Waals surface area contributed by atoms with Crippen LogP contribution in [0.5, 0.6) is 0 Å². The van der Waals surface area contributed by atoms with Crippen LogP contribution in [-0.4, -0.2) is 9.55 Å². The third-order valence-corrected chi connectivity index (χ3v) is 2.98. The van der Waals surface area contributed by atoms with Gasteiger partial charge in [-0.3, -0.25) is 4.57 Å². The Morgan fingerprint density at radius 1 is 1.44 bits per heavy atom. The van der Waals surface area contributed by atoms with Gasteiger partial charge in [0, 0.05) is 27.9 Å². The number of halogens is 1. The zero-order valence-electron chi connectivity index (χ0n) is 8.18. The molecule has 3 nitrogen and oxygen atoms in total. The van der Waals surface area contributed by atoms with Crippen molar-refractivity contribution in [2.45, 2.75) is 0 Å². The van der Waals surface area contributed by atoms with Crippen LogP contribution in [0.25, 0.3) is 16.7 Å². The highest BCUT2D eigenvalue weighted by Gasteiger charge is 2.12. The molecule has 0 bridgehead atoms. The number of nitriles is 1. The maximum absolute atomic E-state index is 9.07. The fraction of sp³-hybridized carbons (Fsp3) is 0. The first-order chi connectivity index (χ1) is 7.79. The molecule has 2 aromatic rings. The van der Waals surface area contributed by atoms with Crippen LogP contribution in [0.2, 0.25) is 0 Å². The summed E-state index contributed by atoms with van der Waals surface area (Å²) in [5.74, 6) is 0. The van der Waals surface area contributed by atoms with Gasteiger partial charge in [0.1, 0.15) is 11.7 Å². The minimum Gasteiger partial charge on any atom is -0.300 e. The Morgan fingerprint density at radius 2 is 2.25 bits per heavy atom. The molecule has 0 spiro atoms. The number of hydrogen-bond acceptors (Lipinski definition) is 2. The fourth-order valence-corrected chi connectivity index (χ4v) is 2.04. The Bertz CT molecular complexity index is 686. The Labute approximate surface area is 100 Å². The summed E-state index contributed by atoms with van der Waals surface area (Å²) in [4.78, 5) is 4.34. The van der Waals surface area contributed by atoms with Gasteiger partial charge in [0.25, 0.3) is 0 Å². The van der Waals surface area contributed by atoms with Gasteiger partial charge in [-0.05, 0) is 34.1 Å². The fourth-order valence-electron chi connectivity index (χ4n) is 1.71. The zero-order valence-corrected chi connectivity index (χ0v) is 9.77. The average Bonchev–Trinajstić information content (AvgIpc) is 2.54. The second kappa shape index (κ2) is 3.32. The Morgan fingerprint density at radius 3 is 2.88 bits per heavy atom. The van der Waals surface area contributed by atoms with Crippen molar-refractivity contribution in [3.8, 4) is 6.07 Å². The van der Waals surface area contributed by atoms with Crippen molar-refractivity contribution >= 4 is 32.7 Å². The standard InChI is InChI=1S/C12H6BrN3/c13-9-4-11-8(5-14)7-16(10-2-1-3-10)12(11)15-6-9/h1-4,6-7H. The van der Waals surface area contributed by atoms with Crippen molar-refractivity contribution in [1.29, 1.82) is 5.26 Å². The first-order valence-electron chi connectivity index (χ1n) is 4.75. The summed E-state index contributed by atoms with van der Waals surface area (Å²) >= 11 is 3.36. The third-order valence-electron chi connectivity index (χ3n) is 2.54. The van der Waals surface area contributed by atoms with Gasteiger partial charge >= 0.3 is 0 Å². The van der Waals surface area contributed by atoms with E-state index in [1.807, 2.05) is 35.1 Å². The van der Waals surface area contributed by atoms with E-state index in [1.165, 1.54) is 0 Å². The van der Waals surface area contributed by atoms with Gasteiger partial charge in [-0.1, -0.05) is 6.08 Å². The van der Waals surface area contributed by atoms with Crippen molar-refractivity contribution in [3.05, 3.63) is 46.7 Å². The summed E-state index contributed by atoms with van der Waals surface area (Å²) in [6.07, 6.45) is 9.50. The molecule has 76 valence electrons. The van der Waals surface area contributed by atoms with Crippen molar-refractivity contribution in [3.63, 3.8) is 0 Å². The molecular weight excluding hydrogens is 266 g/mol. The summed E-state index contributed by atoms with van der Waals surface area (Å²) in [6, 6.07) is 4.10. The van der Waals surface area contributed by atoms with Gasteiger partial charge in [-0.15, -0.1) is 0 Å². The number of hydrogen-bond donors (Lipinski definition) is 0. The highest BCUT2D eigenvalue weighted by Crippen LogP contribution is 2.27.